The van der Waals surface area contributed by atoms with Crippen molar-refractivity contribution in [2.75, 3.05) is 11.9 Å². The van der Waals surface area contributed by atoms with Gasteiger partial charge in [0.05, 0.1) is 0 Å². The summed E-state index contributed by atoms with van der Waals surface area (Å²) < 4.78 is 0. The zero-order valence-corrected chi connectivity index (χ0v) is 11.6. The first-order valence-corrected chi connectivity index (χ1v) is 7.22. The SMILES string of the molecule is O=C(c1ccc2c(c1)NCC2)c1cccc2ccccc12. The zero-order valence-electron chi connectivity index (χ0n) is 11.6. The van der Waals surface area contributed by atoms with Gasteiger partial charge in [-0.15, -0.1) is 0 Å². The molecule has 0 radical (unpaired) electrons. The van der Waals surface area contributed by atoms with E-state index < -0.39 is 0 Å². The first kappa shape index (κ1) is 12.2. The highest BCUT2D eigenvalue weighted by Crippen LogP contribution is 2.26. The number of hydrogen-bond donors (Lipinski definition) is 1. The first-order valence-electron chi connectivity index (χ1n) is 7.22. The molecule has 1 aliphatic heterocycles. The Morgan fingerprint density at radius 3 is 2.76 bits per heavy atom. The molecule has 0 fully saturated rings. The van der Waals surface area contributed by atoms with Crippen molar-refractivity contribution in [3.63, 3.8) is 0 Å². The number of rotatable bonds is 2. The van der Waals surface area contributed by atoms with E-state index in [2.05, 4.69) is 11.4 Å². The molecule has 0 amide bonds. The summed E-state index contributed by atoms with van der Waals surface area (Å²) >= 11 is 0. The van der Waals surface area contributed by atoms with E-state index in [0.717, 1.165) is 40.6 Å². The molecular formula is C19H15NO. The standard InChI is InChI=1S/C19H15NO/c21-19(15-9-8-14-10-11-20-18(14)12-15)17-7-3-5-13-4-1-2-6-16(13)17/h1-9,12,20H,10-11H2. The number of anilines is 1. The van der Waals surface area contributed by atoms with Crippen LogP contribution in [0, 0.1) is 0 Å². The maximum Gasteiger partial charge on any atom is 0.193 e. The molecule has 0 spiro atoms. The molecule has 1 N–H and O–H groups in total. The van der Waals surface area contributed by atoms with E-state index in [1.807, 2.05) is 54.6 Å². The lowest BCUT2D eigenvalue weighted by molar-refractivity contribution is 0.104. The van der Waals surface area contributed by atoms with Crippen molar-refractivity contribution in [3.8, 4) is 0 Å². The molecule has 3 aromatic carbocycles. The maximum absolute atomic E-state index is 12.8. The molecule has 102 valence electrons. The summed E-state index contributed by atoms with van der Waals surface area (Å²) in [6.07, 6.45) is 1.04. The van der Waals surface area contributed by atoms with Crippen molar-refractivity contribution in [3.05, 3.63) is 77.4 Å². The third-order valence-corrected chi connectivity index (χ3v) is 4.12. The van der Waals surface area contributed by atoms with Gasteiger partial charge in [-0.1, -0.05) is 54.6 Å². The molecule has 2 heteroatoms. The second kappa shape index (κ2) is 4.74. The first-order chi connectivity index (χ1) is 10.3. The van der Waals surface area contributed by atoms with Crippen molar-refractivity contribution in [1.29, 1.82) is 0 Å². The van der Waals surface area contributed by atoms with Gasteiger partial charge in [0.15, 0.2) is 5.78 Å². The van der Waals surface area contributed by atoms with Crippen LogP contribution in [-0.2, 0) is 6.42 Å². The highest BCUT2D eigenvalue weighted by atomic mass is 16.1. The fraction of sp³-hybridized carbons (Fsp3) is 0.105. The van der Waals surface area contributed by atoms with Crippen molar-refractivity contribution in [1.82, 2.24) is 0 Å². The number of fused-ring (bicyclic) bond motifs is 2. The van der Waals surface area contributed by atoms with Crippen molar-refractivity contribution >= 4 is 22.2 Å². The molecule has 0 bridgehead atoms. The lowest BCUT2D eigenvalue weighted by Gasteiger charge is -2.07. The Hall–Kier alpha value is -2.61. The summed E-state index contributed by atoms with van der Waals surface area (Å²) in [5.41, 5.74) is 3.91. The fourth-order valence-electron chi connectivity index (χ4n) is 3.01. The Morgan fingerprint density at radius 2 is 1.81 bits per heavy atom. The summed E-state index contributed by atoms with van der Waals surface area (Å²) in [5.74, 6) is 0.0864. The second-order valence-corrected chi connectivity index (χ2v) is 5.40. The summed E-state index contributed by atoms with van der Waals surface area (Å²) in [5, 5.41) is 5.44. The number of carbonyl (C=O) groups excluding carboxylic acids is 1. The average molecular weight is 273 g/mol. The summed E-state index contributed by atoms with van der Waals surface area (Å²) in [6, 6.07) is 19.9. The predicted octanol–water partition coefficient (Wildman–Crippen LogP) is 4.04. The predicted molar refractivity (Wildman–Crippen MR) is 86.0 cm³/mol. The third-order valence-electron chi connectivity index (χ3n) is 4.12. The number of carbonyl (C=O) groups is 1. The monoisotopic (exact) mass is 273 g/mol. The van der Waals surface area contributed by atoms with E-state index in [1.54, 1.807) is 0 Å². The van der Waals surface area contributed by atoms with Crippen LogP contribution in [0.15, 0.2) is 60.7 Å². The number of nitrogens with one attached hydrogen (secondary N) is 1. The molecule has 0 atom stereocenters. The Morgan fingerprint density at radius 1 is 0.952 bits per heavy atom. The molecular weight excluding hydrogens is 258 g/mol. The van der Waals surface area contributed by atoms with E-state index in [-0.39, 0.29) is 5.78 Å². The van der Waals surface area contributed by atoms with E-state index >= 15 is 0 Å². The zero-order chi connectivity index (χ0) is 14.2. The van der Waals surface area contributed by atoms with Crippen LogP contribution in [-0.4, -0.2) is 12.3 Å². The van der Waals surface area contributed by atoms with Crippen LogP contribution in [0.5, 0.6) is 0 Å². The largest absolute Gasteiger partial charge is 0.384 e. The van der Waals surface area contributed by atoms with E-state index in [9.17, 15) is 4.79 Å². The van der Waals surface area contributed by atoms with Crippen LogP contribution >= 0.6 is 0 Å². The topological polar surface area (TPSA) is 29.1 Å². The van der Waals surface area contributed by atoms with Crippen LogP contribution in [0.2, 0.25) is 0 Å². The fourth-order valence-corrected chi connectivity index (χ4v) is 3.01. The molecule has 0 saturated heterocycles. The van der Waals surface area contributed by atoms with Crippen LogP contribution in [0.25, 0.3) is 10.8 Å². The number of hydrogen-bond acceptors (Lipinski definition) is 2. The van der Waals surface area contributed by atoms with Gasteiger partial charge in [0.1, 0.15) is 0 Å². The molecule has 0 saturated carbocycles. The number of ketones is 1. The highest BCUT2D eigenvalue weighted by molar-refractivity contribution is 6.16. The Kier molecular flexibility index (Phi) is 2.74. The molecule has 3 aromatic rings. The lowest BCUT2D eigenvalue weighted by Crippen LogP contribution is -2.03. The number of benzene rings is 3. The molecule has 1 heterocycles. The van der Waals surface area contributed by atoms with Crippen molar-refractivity contribution in [2.24, 2.45) is 0 Å². The summed E-state index contributed by atoms with van der Waals surface area (Å²) in [4.78, 5) is 12.8. The van der Waals surface area contributed by atoms with E-state index in [1.165, 1.54) is 5.56 Å². The van der Waals surface area contributed by atoms with Crippen molar-refractivity contribution < 1.29 is 4.79 Å². The van der Waals surface area contributed by atoms with E-state index in [4.69, 9.17) is 0 Å². The van der Waals surface area contributed by atoms with Crippen LogP contribution in [0.1, 0.15) is 21.5 Å². The molecule has 21 heavy (non-hydrogen) atoms. The van der Waals surface area contributed by atoms with Gasteiger partial charge < -0.3 is 5.32 Å². The van der Waals surface area contributed by atoms with Crippen LogP contribution in [0.4, 0.5) is 5.69 Å². The van der Waals surface area contributed by atoms with Gasteiger partial charge in [-0.25, -0.2) is 0 Å². The lowest BCUT2D eigenvalue weighted by atomic mass is 9.96. The maximum atomic E-state index is 12.8. The van der Waals surface area contributed by atoms with Crippen LogP contribution < -0.4 is 5.32 Å². The molecule has 4 rings (SSSR count). The molecule has 2 nitrogen and oxygen atoms in total. The van der Waals surface area contributed by atoms with E-state index in [0.29, 0.717) is 0 Å². The highest BCUT2D eigenvalue weighted by Gasteiger charge is 2.16. The third kappa shape index (κ3) is 2.00. The average Bonchev–Trinajstić information content (AvgIpc) is 3.01. The minimum Gasteiger partial charge on any atom is -0.384 e. The Bertz CT molecular complexity index is 846. The van der Waals surface area contributed by atoms with Gasteiger partial charge >= 0.3 is 0 Å². The molecule has 0 unspecified atom stereocenters. The normalized spacial score (nSPS) is 13.0. The summed E-state index contributed by atoms with van der Waals surface area (Å²) in [7, 11) is 0. The van der Waals surface area contributed by atoms with Gasteiger partial charge in [0.2, 0.25) is 0 Å². The van der Waals surface area contributed by atoms with Gasteiger partial charge in [-0.3, -0.25) is 4.79 Å². The minimum atomic E-state index is 0.0864. The minimum absolute atomic E-state index is 0.0864. The molecule has 1 aliphatic rings. The van der Waals surface area contributed by atoms with Gasteiger partial charge in [0, 0.05) is 23.4 Å². The smallest absolute Gasteiger partial charge is 0.193 e. The van der Waals surface area contributed by atoms with Gasteiger partial charge in [-0.05, 0) is 28.8 Å². The molecule has 0 aromatic heterocycles. The quantitative estimate of drug-likeness (QED) is 0.714. The Labute approximate surface area is 123 Å². The Balaban J connectivity index is 1.83. The van der Waals surface area contributed by atoms with Gasteiger partial charge in [0.25, 0.3) is 0 Å². The van der Waals surface area contributed by atoms with Crippen molar-refractivity contribution in [2.45, 2.75) is 6.42 Å². The van der Waals surface area contributed by atoms with Crippen LogP contribution in [0.3, 0.4) is 0 Å². The summed E-state index contributed by atoms with van der Waals surface area (Å²) in [6.45, 7) is 0.960. The molecule has 0 aliphatic carbocycles. The van der Waals surface area contributed by atoms with Gasteiger partial charge in [-0.2, -0.15) is 0 Å². The second-order valence-electron chi connectivity index (χ2n) is 5.40.